The van der Waals surface area contributed by atoms with Crippen molar-refractivity contribution in [1.29, 1.82) is 0 Å². The molecule has 1 unspecified atom stereocenters. The van der Waals surface area contributed by atoms with E-state index < -0.39 is 0 Å². The van der Waals surface area contributed by atoms with Gasteiger partial charge in [-0.2, -0.15) is 5.10 Å². The van der Waals surface area contributed by atoms with Gasteiger partial charge in [0.25, 0.3) is 0 Å². The zero-order valence-corrected chi connectivity index (χ0v) is 12.3. The van der Waals surface area contributed by atoms with Crippen LogP contribution in [0.1, 0.15) is 44.1 Å². The Morgan fingerprint density at radius 3 is 2.90 bits per heavy atom. The summed E-state index contributed by atoms with van der Waals surface area (Å²) < 4.78 is 1.77. The predicted octanol–water partition coefficient (Wildman–Crippen LogP) is 1.38. The summed E-state index contributed by atoms with van der Waals surface area (Å²) in [6, 6.07) is -0.355. The Balaban J connectivity index is 1.65. The lowest BCUT2D eigenvalue weighted by Gasteiger charge is -2.24. The Bertz CT molecular complexity index is 423. The molecule has 5 nitrogen and oxygen atoms in total. The third-order valence-corrected chi connectivity index (χ3v) is 4.12. The first kappa shape index (κ1) is 15.0. The van der Waals surface area contributed by atoms with Gasteiger partial charge in [-0.05, 0) is 24.3 Å². The molecular formula is C15H26N4O. The molecule has 1 fully saturated rings. The van der Waals surface area contributed by atoms with Gasteiger partial charge in [0.05, 0.1) is 12.2 Å². The van der Waals surface area contributed by atoms with E-state index in [4.69, 9.17) is 5.73 Å². The topological polar surface area (TPSA) is 72.9 Å². The number of hydrogen-bond donors (Lipinski definition) is 2. The average Bonchev–Trinajstić information content (AvgIpc) is 2.85. The van der Waals surface area contributed by atoms with E-state index in [2.05, 4.69) is 10.4 Å². The molecule has 1 atom stereocenters. The van der Waals surface area contributed by atoms with Gasteiger partial charge in [-0.3, -0.25) is 9.48 Å². The van der Waals surface area contributed by atoms with Gasteiger partial charge in [0, 0.05) is 19.8 Å². The van der Waals surface area contributed by atoms with E-state index in [1.807, 2.05) is 19.4 Å². The second-order valence-electron chi connectivity index (χ2n) is 5.91. The molecule has 0 aromatic carbocycles. The van der Waals surface area contributed by atoms with E-state index in [-0.39, 0.29) is 11.9 Å². The van der Waals surface area contributed by atoms with Crippen molar-refractivity contribution >= 4 is 5.91 Å². The summed E-state index contributed by atoms with van der Waals surface area (Å²) in [5.41, 5.74) is 7.14. The minimum absolute atomic E-state index is 0.0144. The number of amides is 1. The number of nitrogens with zero attached hydrogens (tertiary/aromatic N) is 2. The molecule has 0 radical (unpaired) electrons. The van der Waals surface area contributed by atoms with Gasteiger partial charge in [-0.15, -0.1) is 0 Å². The van der Waals surface area contributed by atoms with Crippen LogP contribution in [0.3, 0.4) is 0 Å². The molecule has 0 spiro atoms. The van der Waals surface area contributed by atoms with Gasteiger partial charge in [0.2, 0.25) is 5.91 Å². The van der Waals surface area contributed by atoms with Crippen LogP contribution in [-0.2, 0) is 18.3 Å². The highest BCUT2D eigenvalue weighted by atomic mass is 16.2. The monoisotopic (exact) mass is 278 g/mol. The number of nitrogens with two attached hydrogens (primary N) is 1. The molecular weight excluding hydrogens is 252 g/mol. The fraction of sp³-hybridized carbons (Fsp3) is 0.733. The minimum Gasteiger partial charge on any atom is -0.354 e. The Morgan fingerprint density at radius 2 is 2.25 bits per heavy atom. The molecule has 1 aliphatic rings. The van der Waals surface area contributed by atoms with E-state index in [1.165, 1.54) is 32.1 Å². The Hall–Kier alpha value is -1.36. The van der Waals surface area contributed by atoms with Gasteiger partial charge in [-0.1, -0.05) is 32.1 Å². The number of rotatable bonds is 6. The number of nitrogens with one attached hydrogen (secondary N) is 1. The summed E-state index contributed by atoms with van der Waals surface area (Å²) in [6.07, 6.45) is 11.8. The molecule has 1 aromatic rings. The molecule has 112 valence electrons. The molecule has 20 heavy (non-hydrogen) atoms. The third-order valence-electron chi connectivity index (χ3n) is 4.12. The van der Waals surface area contributed by atoms with Crippen LogP contribution in [0.2, 0.25) is 0 Å². The lowest BCUT2D eigenvalue weighted by atomic mass is 9.85. The first-order valence-corrected chi connectivity index (χ1v) is 7.66. The fourth-order valence-electron chi connectivity index (χ4n) is 2.95. The first-order valence-electron chi connectivity index (χ1n) is 7.66. The van der Waals surface area contributed by atoms with Crippen LogP contribution in [-0.4, -0.2) is 28.3 Å². The maximum absolute atomic E-state index is 12.0. The number of carbonyl (C=O) groups excluding carboxylic acids is 1. The van der Waals surface area contributed by atoms with E-state index in [0.29, 0.717) is 12.5 Å². The normalized spacial score (nSPS) is 17.9. The van der Waals surface area contributed by atoms with Crippen molar-refractivity contribution in [3.05, 3.63) is 18.0 Å². The van der Waals surface area contributed by atoms with Crippen LogP contribution in [0.5, 0.6) is 0 Å². The van der Waals surface area contributed by atoms with E-state index in [9.17, 15) is 4.79 Å². The molecule has 1 heterocycles. The Kier molecular flexibility index (Phi) is 5.59. The number of aromatic nitrogens is 2. The van der Waals surface area contributed by atoms with Crippen LogP contribution in [0.25, 0.3) is 0 Å². The number of hydrogen-bond acceptors (Lipinski definition) is 3. The molecule has 1 aliphatic carbocycles. The van der Waals surface area contributed by atoms with Crippen molar-refractivity contribution in [2.45, 2.75) is 51.0 Å². The second-order valence-corrected chi connectivity index (χ2v) is 5.91. The molecule has 0 saturated heterocycles. The fourth-order valence-corrected chi connectivity index (χ4v) is 2.95. The highest BCUT2D eigenvalue weighted by Gasteiger charge is 2.20. The van der Waals surface area contributed by atoms with Crippen molar-refractivity contribution in [3.63, 3.8) is 0 Å². The number of aryl methyl sites for hydroxylation is 1. The number of carbonyl (C=O) groups is 1. The average molecular weight is 278 g/mol. The van der Waals surface area contributed by atoms with Crippen LogP contribution in [0.4, 0.5) is 0 Å². The van der Waals surface area contributed by atoms with Gasteiger partial charge >= 0.3 is 0 Å². The zero-order chi connectivity index (χ0) is 14.4. The molecule has 1 saturated carbocycles. The van der Waals surface area contributed by atoms with Crippen molar-refractivity contribution < 1.29 is 4.79 Å². The molecule has 0 aliphatic heterocycles. The van der Waals surface area contributed by atoms with E-state index in [1.54, 1.807) is 4.68 Å². The summed E-state index contributed by atoms with van der Waals surface area (Å²) in [4.78, 5) is 12.0. The summed E-state index contributed by atoms with van der Waals surface area (Å²) in [7, 11) is 1.89. The van der Waals surface area contributed by atoms with Crippen molar-refractivity contribution in [3.8, 4) is 0 Å². The molecule has 0 bridgehead atoms. The summed E-state index contributed by atoms with van der Waals surface area (Å²) in [5.74, 6) is 0.627. The second kappa shape index (κ2) is 7.43. The van der Waals surface area contributed by atoms with Crippen molar-refractivity contribution in [1.82, 2.24) is 15.1 Å². The lowest BCUT2D eigenvalue weighted by Crippen LogP contribution is -2.42. The van der Waals surface area contributed by atoms with Gasteiger partial charge < -0.3 is 11.1 Å². The van der Waals surface area contributed by atoms with Gasteiger partial charge in [0.15, 0.2) is 0 Å². The molecule has 2 rings (SSSR count). The third kappa shape index (κ3) is 4.63. The van der Waals surface area contributed by atoms with E-state index >= 15 is 0 Å². The summed E-state index contributed by atoms with van der Waals surface area (Å²) in [5, 5.41) is 7.03. The molecule has 3 N–H and O–H groups in total. The summed E-state index contributed by atoms with van der Waals surface area (Å²) >= 11 is 0. The van der Waals surface area contributed by atoms with Crippen LogP contribution < -0.4 is 11.1 Å². The SMILES string of the molecule is Cn1cc(CCNC(=O)C(N)CC2CCCCC2)cn1. The molecule has 5 heteroatoms. The molecule has 1 amide bonds. The van der Waals surface area contributed by atoms with Gasteiger partial charge in [-0.25, -0.2) is 0 Å². The Labute approximate surface area is 120 Å². The standard InChI is InChI=1S/C15H26N4O/c1-19-11-13(10-18-19)7-8-17-15(20)14(16)9-12-5-3-2-4-6-12/h10-12,14H,2-9,16H2,1H3,(H,17,20). The largest absolute Gasteiger partial charge is 0.354 e. The van der Waals surface area contributed by atoms with Crippen LogP contribution >= 0.6 is 0 Å². The van der Waals surface area contributed by atoms with Crippen LogP contribution in [0.15, 0.2) is 12.4 Å². The quantitative estimate of drug-likeness (QED) is 0.825. The van der Waals surface area contributed by atoms with Gasteiger partial charge in [0.1, 0.15) is 0 Å². The summed E-state index contributed by atoms with van der Waals surface area (Å²) in [6.45, 7) is 0.628. The first-order chi connectivity index (χ1) is 9.65. The van der Waals surface area contributed by atoms with Crippen LogP contribution in [0, 0.1) is 5.92 Å². The molecule has 1 aromatic heterocycles. The lowest BCUT2D eigenvalue weighted by molar-refractivity contribution is -0.122. The van der Waals surface area contributed by atoms with Crippen molar-refractivity contribution in [2.75, 3.05) is 6.54 Å². The van der Waals surface area contributed by atoms with E-state index in [0.717, 1.165) is 18.4 Å². The maximum Gasteiger partial charge on any atom is 0.236 e. The Morgan fingerprint density at radius 1 is 1.50 bits per heavy atom. The highest BCUT2D eigenvalue weighted by molar-refractivity contribution is 5.81. The predicted molar refractivity (Wildman–Crippen MR) is 79.1 cm³/mol. The maximum atomic E-state index is 12.0. The zero-order valence-electron chi connectivity index (χ0n) is 12.3. The van der Waals surface area contributed by atoms with Crippen molar-refractivity contribution in [2.24, 2.45) is 18.7 Å². The minimum atomic E-state index is -0.355. The smallest absolute Gasteiger partial charge is 0.236 e. The highest BCUT2D eigenvalue weighted by Crippen LogP contribution is 2.26.